The lowest BCUT2D eigenvalue weighted by atomic mass is 9.86. The van der Waals surface area contributed by atoms with Gasteiger partial charge in [0.2, 0.25) is 5.75 Å². The average molecular weight is 570 g/mol. The van der Waals surface area contributed by atoms with Crippen LogP contribution in [0.2, 0.25) is 0 Å². The first kappa shape index (κ1) is 26.6. The van der Waals surface area contributed by atoms with Gasteiger partial charge in [0.25, 0.3) is 0 Å². The van der Waals surface area contributed by atoms with Gasteiger partial charge in [-0.05, 0) is 31.7 Å². The molecule has 2 aliphatic carbocycles. The van der Waals surface area contributed by atoms with Crippen molar-refractivity contribution in [2.45, 2.75) is 38.1 Å². The SMILES string of the molecule is COc1cc(Nc2cc(N3CC[NH+](C4CCCCC4)CC3)c3noc4c3c2C(=O)c2ccccc2-4)cc(OC)c1OC. The number of anilines is 3. The molecule has 0 bridgehead atoms. The van der Waals surface area contributed by atoms with Crippen molar-refractivity contribution in [1.82, 2.24) is 5.16 Å². The Morgan fingerprint density at radius 2 is 1.62 bits per heavy atom. The molecule has 218 valence electrons. The predicted molar refractivity (Wildman–Crippen MR) is 162 cm³/mol. The van der Waals surface area contributed by atoms with E-state index in [2.05, 4.69) is 21.4 Å². The number of hydrogen-bond donors (Lipinski definition) is 2. The van der Waals surface area contributed by atoms with E-state index in [0.717, 1.165) is 54.4 Å². The number of ether oxygens (including phenoxy) is 3. The first-order valence-corrected chi connectivity index (χ1v) is 14.9. The van der Waals surface area contributed by atoms with E-state index in [9.17, 15) is 4.79 Å². The fourth-order valence-electron chi connectivity index (χ4n) is 7.14. The zero-order valence-electron chi connectivity index (χ0n) is 24.4. The van der Waals surface area contributed by atoms with Crippen LogP contribution in [0, 0.1) is 0 Å². The van der Waals surface area contributed by atoms with Crippen molar-refractivity contribution in [3.63, 3.8) is 0 Å². The Kier molecular flexibility index (Phi) is 6.90. The summed E-state index contributed by atoms with van der Waals surface area (Å²) in [4.78, 5) is 18.2. The third kappa shape index (κ3) is 4.34. The quantitative estimate of drug-likeness (QED) is 0.288. The van der Waals surface area contributed by atoms with Crippen LogP contribution in [0.4, 0.5) is 17.1 Å². The van der Waals surface area contributed by atoms with E-state index < -0.39 is 0 Å². The molecule has 2 N–H and O–H groups in total. The smallest absolute Gasteiger partial charge is 0.203 e. The van der Waals surface area contributed by atoms with Crippen molar-refractivity contribution >= 4 is 33.7 Å². The van der Waals surface area contributed by atoms with E-state index in [4.69, 9.17) is 18.7 Å². The molecule has 9 nitrogen and oxygen atoms in total. The van der Waals surface area contributed by atoms with Gasteiger partial charge >= 0.3 is 0 Å². The molecule has 4 aromatic rings. The fraction of sp³-hybridized carbons (Fsp3) is 0.394. The molecule has 7 rings (SSSR count). The third-order valence-electron chi connectivity index (χ3n) is 9.25. The number of aromatic nitrogens is 1. The van der Waals surface area contributed by atoms with Gasteiger partial charge in [-0.25, -0.2) is 0 Å². The van der Waals surface area contributed by atoms with Crippen LogP contribution in [0.3, 0.4) is 0 Å². The number of carbonyl (C=O) groups is 1. The molecule has 0 atom stereocenters. The van der Waals surface area contributed by atoms with Gasteiger partial charge in [0.15, 0.2) is 23.0 Å². The number of hydrogen-bond acceptors (Lipinski definition) is 8. The van der Waals surface area contributed by atoms with Gasteiger partial charge in [-0.15, -0.1) is 0 Å². The van der Waals surface area contributed by atoms with Crippen LogP contribution < -0.4 is 29.3 Å². The van der Waals surface area contributed by atoms with Gasteiger partial charge in [0.1, 0.15) is 5.52 Å². The molecule has 1 aliphatic heterocycles. The summed E-state index contributed by atoms with van der Waals surface area (Å²) in [6.45, 7) is 4.04. The summed E-state index contributed by atoms with van der Waals surface area (Å²) in [6.07, 6.45) is 6.76. The van der Waals surface area contributed by atoms with Crippen LogP contribution in [0.25, 0.3) is 22.2 Å². The van der Waals surface area contributed by atoms with Crippen LogP contribution in [-0.2, 0) is 0 Å². The summed E-state index contributed by atoms with van der Waals surface area (Å²) in [5.41, 5.74) is 5.06. The minimum absolute atomic E-state index is 0.0562. The molecule has 0 radical (unpaired) electrons. The highest BCUT2D eigenvalue weighted by Crippen LogP contribution is 2.47. The van der Waals surface area contributed by atoms with Crippen molar-refractivity contribution in [1.29, 1.82) is 0 Å². The van der Waals surface area contributed by atoms with Gasteiger partial charge in [0.05, 0.1) is 75.9 Å². The van der Waals surface area contributed by atoms with Crippen molar-refractivity contribution in [2.24, 2.45) is 0 Å². The summed E-state index contributed by atoms with van der Waals surface area (Å²) in [6, 6.07) is 14.1. The second-order valence-corrected chi connectivity index (χ2v) is 11.4. The molecular formula is C33H37N4O5+. The Balaban J connectivity index is 1.33. The summed E-state index contributed by atoms with van der Waals surface area (Å²) >= 11 is 0. The Hall–Kier alpha value is -4.24. The van der Waals surface area contributed by atoms with Crippen LogP contribution in [0.15, 0.2) is 47.0 Å². The van der Waals surface area contributed by atoms with Crippen LogP contribution >= 0.6 is 0 Å². The highest BCUT2D eigenvalue weighted by molar-refractivity contribution is 6.28. The molecule has 42 heavy (non-hydrogen) atoms. The molecule has 1 aromatic heterocycles. The molecule has 3 aliphatic rings. The second kappa shape index (κ2) is 10.9. The summed E-state index contributed by atoms with van der Waals surface area (Å²) < 4.78 is 22.7. The van der Waals surface area contributed by atoms with Gasteiger partial charge in [-0.2, -0.15) is 0 Å². The zero-order valence-corrected chi connectivity index (χ0v) is 24.4. The summed E-state index contributed by atoms with van der Waals surface area (Å²) in [7, 11) is 4.76. The molecule has 2 fully saturated rings. The topological polar surface area (TPSA) is 90.5 Å². The highest BCUT2D eigenvalue weighted by Gasteiger charge is 2.35. The number of carbonyl (C=O) groups excluding carboxylic acids is 1. The number of methoxy groups -OCH3 is 3. The van der Waals surface area contributed by atoms with Crippen molar-refractivity contribution in [2.75, 3.05) is 57.7 Å². The van der Waals surface area contributed by atoms with E-state index in [0.29, 0.717) is 45.5 Å². The Bertz CT molecular complexity index is 1620. The van der Waals surface area contributed by atoms with E-state index in [1.165, 1.54) is 32.1 Å². The van der Waals surface area contributed by atoms with E-state index >= 15 is 0 Å². The lowest BCUT2D eigenvalue weighted by Gasteiger charge is -2.39. The molecule has 1 saturated heterocycles. The fourth-order valence-corrected chi connectivity index (χ4v) is 7.14. The number of nitrogens with zero attached hydrogens (tertiary/aromatic N) is 2. The number of nitrogens with one attached hydrogen (secondary N) is 2. The Morgan fingerprint density at radius 1 is 0.929 bits per heavy atom. The monoisotopic (exact) mass is 569 g/mol. The maximum absolute atomic E-state index is 14.1. The third-order valence-corrected chi connectivity index (χ3v) is 9.25. The number of rotatable bonds is 7. The number of fused-ring (bicyclic) bond motifs is 2. The zero-order chi connectivity index (χ0) is 28.8. The van der Waals surface area contributed by atoms with Gasteiger partial charge in [-0.1, -0.05) is 35.8 Å². The van der Waals surface area contributed by atoms with Crippen molar-refractivity contribution in [3.8, 4) is 28.6 Å². The summed E-state index contributed by atoms with van der Waals surface area (Å²) in [5, 5.41) is 8.86. The average Bonchev–Trinajstić information content (AvgIpc) is 3.49. The largest absolute Gasteiger partial charge is 0.493 e. The maximum atomic E-state index is 14.1. The standard InChI is InChI=1S/C33H36N4O5/c1-39-26-17-20(18-27(40-2)33(26)41-3)34-24-19-25(37-15-13-36(14-16-37)21-9-5-4-6-10-21)30-29-28(24)31(38)22-11-7-8-12-23(22)32(29)42-35-30/h7-8,11-12,17-19,21,34H,4-6,9-10,13-16H2,1-3H3/p+1. The predicted octanol–water partition coefficient (Wildman–Crippen LogP) is 4.85. The molecule has 0 unspecified atom stereocenters. The van der Waals surface area contributed by atoms with Gasteiger partial charge < -0.3 is 33.9 Å². The normalized spacial score (nSPS) is 17.3. The van der Waals surface area contributed by atoms with E-state index in [-0.39, 0.29) is 5.78 Å². The lowest BCUT2D eigenvalue weighted by Crippen LogP contribution is -3.18. The first-order chi connectivity index (χ1) is 20.6. The van der Waals surface area contributed by atoms with Crippen molar-refractivity contribution in [3.05, 3.63) is 53.6 Å². The van der Waals surface area contributed by atoms with Crippen molar-refractivity contribution < 1.29 is 28.4 Å². The number of ketones is 1. The van der Waals surface area contributed by atoms with E-state index in [1.54, 1.807) is 26.2 Å². The Morgan fingerprint density at radius 3 is 2.29 bits per heavy atom. The van der Waals surface area contributed by atoms with Crippen LogP contribution in [0.5, 0.6) is 17.2 Å². The Labute approximate surface area is 245 Å². The number of benzene rings is 3. The van der Waals surface area contributed by atoms with Crippen LogP contribution in [0.1, 0.15) is 48.0 Å². The first-order valence-electron chi connectivity index (χ1n) is 14.9. The van der Waals surface area contributed by atoms with Gasteiger partial charge in [0, 0.05) is 28.9 Å². The second-order valence-electron chi connectivity index (χ2n) is 11.4. The van der Waals surface area contributed by atoms with E-state index in [1.807, 2.05) is 36.4 Å². The molecule has 2 heterocycles. The van der Waals surface area contributed by atoms with Gasteiger partial charge in [-0.3, -0.25) is 4.79 Å². The minimum Gasteiger partial charge on any atom is -0.493 e. The molecule has 0 spiro atoms. The maximum Gasteiger partial charge on any atom is 0.203 e. The highest BCUT2D eigenvalue weighted by atomic mass is 16.5. The van der Waals surface area contributed by atoms with Crippen LogP contribution in [-0.4, -0.2) is 64.5 Å². The minimum atomic E-state index is -0.0562. The number of quaternary nitrogens is 1. The summed E-state index contributed by atoms with van der Waals surface area (Å²) in [5.74, 6) is 2.14. The number of piperazine rings is 1. The molecular weight excluding hydrogens is 532 g/mol. The molecule has 1 saturated carbocycles. The molecule has 9 heteroatoms. The molecule has 3 aromatic carbocycles. The lowest BCUT2D eigenvalue weighted by molar-refractivity contribution is -0.927. The molecule has 0 amide bonds.